The maximum atomic E-state index is 6.25. The molecule has 6 rings (SSSR count). The molecule has 0 radical (unpaired) electrons. The number of piperidine rings is 3. The smallest absolute Gasteiger partial charge is 0.132 e. The summed E-state index contributed by atoms with van der Waals surface area (Å²) in [5.41, 5.74) is 0.211. The summed E-state index contributed by atoms with van der Waals surface area (Å²) in [6.45, 7) is 3.66. The van der Waals surface area contributed by atoms with Crippen LogP contribution in [0, 0.1) is 5.92 Å². The lowest BCUT2D eigenvalue weighted by Gasteiger charge is -2.52. The van der Waals surface area contributed by atoms with Crippen LogP contribution in [0.5, 0.6) is 0 Å². The fraction of sp³-hybridized carbons (Fsp3) is 0.421. The summed E-state index contributed by atoms with van der Waals surface area (Å²) in [7, 11) is 0. The molecule has 0 aliphatic carbocycles. The zero-order valence-corrected chi connectivity index (χ0v) is 15.4. The number of hydrogen-bond donors (Lipinski definition) is 2. The van der Waals surface area contributed by atoms with Crippen molar-refractivity contribution in [1.29, 1.82) is 0 Å². The molecule has 4 aliphatic rings. The van der Waals surface area contributed by atoms with E-state index in [1.54, 1.807) is 12.3 Å². The number of aromatic nitrogens is 1. The molecule has 3 saturated heterocycles. The summed E-state index contributed by atoms with van der Waals surface area (Å²) in [6, 6.07) is 5.66. The Hall–Kier alpha value is -1.49. The predicted octanol–water partition coefficient (Wildman–Crippen LogP) is 4.25. The second-order valence-electron chi connectivity index (χ2n) is 7.46. The number of anilines is 1. The lowest BCUT2D eigenvalue weighted by atomic mass is 9.72. The third-order valence-electron chi connectivity index (χ3n) is 5.94. The van der Waals surface area contributed by atoms with Gasteiger partial charge in [0.2, 0.25) is 0 Å². The molecule has 1 aromatic carbocycles. The zero-order valence-electron chi connectivity index (χ0n) is 13.9. The van der Waals surface area contributed by atoms with Crippen molar-refractivity contribution < 1.29 is 0 Å². The number of pyridine rings is 1. The van der Waals surface area contributed by atoms with Gasteiger partial charge in [-0.2, -0.15) is 0 Å². The van der Waals surface area contributed by atoms with E-state index in [0.29, 0.717) is 10.0 Å². The first kappa shape index (κ1) is 15.7. The molecule has 1 atom stereocenters. The topological polar surface area (TPSA) is 40.2 Å². The Balaban J connectivity index is 1.37. The Morgan fingerprint density at radius 3 is 2.80 bits per heavy atom. The Bertz CT molecular complexity index is 873. The number of fused-ring (bicyclic) bond motifs is 3. The molecule has 0 amide bonds. The normalized spacial score (nSPS) is 30.6. The van der Waals surface area contributed by atoms with Crippen molar-refractivity contribution in [1.82, 2.24) is 15.2 Å². The van der Waals surface area contributed by atoms with Gasteiger partial charge in [0.25, 0.3) is 0 Å². The zero-order chi connectivity index (χ0) is 17.0. The van der Waals surface area contributed by atoms with E-state index in [-0.39, 0.29) is 5.54 Å². The van der Waals surface area contributed by atoms with Crippen LogP contribution >= 0.6 is 23.2 Å². The van der Waals surface area contributed by atoms with Gasteiger partial charge in [0.1, 0.15) is 11.6 Å². The van der Waals surface area contributed by atoms with E-state index in [9.17, 15) is 0 Å². The van der Waals surface area contributed by atoms with Crippen LogP contribution in [0.1, 0.15) is 19.3 Å². The van der Waals surface area contributed by atoms with Gasteiger partial charge in [-0.15, -0.1) is 0 Å². The molecular weight excluding hydrogens is 355 g/mol. The fourth-order valence-corrected chi connectivity index (χ4v) is 5.22. The van der Waals surface area contributed by atoms with E-state index < -0.39 is 0 Å². The molecule has 4 nitrogen and oxygen atoms in total. The van der Waals surface area contributed by atoms with Gasteiger partial charge in [-0.25, -0.2) is 4.98 Å². The predicted molar refractivity (Wildman–Crippen MR) is 103 cm³/mol. The first-order valence-corrected chi connectivity index (χ1v) is 9.59. The highest BCUT2D eigenvalue weighted by Crippen LogP contribution is 2.41. The second kappa shape index (κ2) is 5.76. The molecule has 6 heteroatoms. The number of rotatable bonds is 2. The Labute approximate surface area is 157 Å². The van der Waals surface area contributed by atoms with Crippen molar-refractivity contribution in [2.24, 2.45) is 5.92 Å². The van der Waals surface area contributed by atoms with Gasteiger partial charge in [0.05, 0.1) is 10.6 Å². The van der Waals surface area contributed by atoms with Crippen molar-refractivity contribution >= 4 is 39.8 Å². The maximum Gasteiger partial charge on any atom is 0.132 e. The Morgan fingerprint density at radius 2 is 2.04 bits per heavy atom. The van der Waals surface area contributed by atoms with Gasteiger partial charge in [-0.05, 0) is 67.9 Å². The molecule has 2 bridgehead atoms. The highest BCUT2D eigenvalue weighted by Gasteiger charge is 2.48. The van der Waals surface area contributed by atoms with Crippen molar-refractivity contribution in [2.45, 2.75) is 24.8 Å². The van der Waals surface area contributed by atoms with Crippen molar-refractivity contribution in [3.63, 3.8) is 0 Å². The summed E-state index contributed by atoms with van der Waals surface area (Å²) < 4.78 is 0. The number of hydrogen-bond acceptors (Lipinski definition) is 4. The van der Waals surface area contributed by atoms with E-state index >= 15 is 0 Å². The number of benzene rings is 1. The molecule has 5 heterocycles. The molecule has 1 spiro atoms. The highest BCUT2D eigenvalue weighted by molar-refractivity contribution is 6.38. The summed E-state index contributed by atoms with van der Waals surface area (Å²) in [4.78, 5) is 7.10. The molecule has 0 saturated carbocycles. The minimum atomic E-state index is 0.211. The van der Waals surface area contributed by atoms with Gasteiger partial charge in [-0.1, -0.05) is 23.2 Å². The summed E-state index contributed by atoms with van der Waals surface area (Å²) in [5.74, 6) is 2.65. The van der Waals surface area contributed by atoms with Gasteiger partial charge in [-0.3, -0.25) is 0 Å². The molecular formula is C19H20Cl2N4. The van der Waals surface area contributed by atoms with E-state index in [1.807, 2.05) is 12.1 Å². The first-order valence-electron chi connectivity index (χ1n) is 8.84. The van der Waals surface area contributed by atoms with Gasteiger partial charge >= 0.3 is 0 Å². The van der Waals surface area contributed by atoms with Crippen LogP contribution in [-0.2, 0) is 0 Å². The molecule has 2 N–H and O–H groups in total. The lowest BCUT2D eigenvalue weighted by molar-refractivity contribution is 0.0189. The number of nitrogens with zero attached hydrogens (tertiary/aromatic N) is 2. The number of nitrogens with one attached hydrogen (secondary N) is 2. The summed E-state index contributed by atoms with van der Waals surface area (Å²) in [6.07, 6.45) is 7.77. The van der Waals surface area contributed by atoms with Crippen LogP contribution in [0.3, 0.4) is 0 Å². The third-order valence-corrected chi connectivity index (χ3v) is 6.47. The van der Waals surface area contributed by atoms with Crippen molar-refractivity contribution in [3.05, 3.63) is 46.3 Å². The average Bonchev–Trinajstić information content (AvgIpc) is 2.97. The van der Waals surface area contributed by atoms with E-state index in [1.165, 1.54) is 25.9 Å². The molecule has 4 aliphatic heterocycles. The van der Waals surface area contributed by atoms with Crippen molar-refractivity contribution in [2.75, 3.05) is 25.0 Å². The average molecular weight is 375 g/mol. The van der Waals surface area contributed by atoms with Crippen LogP contribution in [0.15, 0.2) is 36.3 Å². The Morgan fingerprint density at radius 1 is 1.20 bits per heavy atom. The van der Waals surface area contributed by atoms with Crippen LogP contribution in [0.2, 0.25) is 10.0 Å². The monoisotopic (exact) mass is 374 g/mol. The minimum absolute atomic E-state index is 0.211. The first-order chi connectivity index (χ1) is 12.1. The van der Waals surface area contributed by atoms with Gasteiger partial charge in [0.15, 0.2) is 0 Å². The standard InChI is InChI=1S/C19H20Cl2N4/c20-14-7-12-8-18(22-10-15(12)16(21)9-14)23-17-1-4-19(24-17)11-25-5-2-13(19)3-6-25/h1,7-10,13,24H,2-6,11H2,(H,22,23)/t19-/m0/s1. The molecule has 25 heavy (non-hydrogen) atoms. The van der Waals surface area contributed by atoms with Gasteiger partial charge < -0.3 is 15.5 Å². The van der Waals surface area contributed by atoms with E-state index in [4.69, 9.17) is 23.2 Å². The SMILES string of the molecule is Clc1cc(Cl)c2cnc(NC3=CC[C@@]4(CN5CCC4CC5)N3)cc2c1. The van der Waals surface area contributed by atoms with Crippen LogP contribution in [-0.4, -0.2) is 35.1 Å². The highest BCUT2D eigenvalue weighted by atomic mass is 35.5. The van der Waals surface area contributed by atoms with E-state index in [2.05, 4.69) is 26.6 Å². The third kappa shape index (κ3) is 2.67. The quantitative estimate of drug-likeness (QED) is 0.823. The largest absolute Gasteiger partial charge is 0.365 e. The fourth-order valence-electron chi connectivity index (χ4n) is 4.67. The van der Waals surface area contributed by atoms with Crippen LogP contribution in [0.25, 0.3) is 10.8 Å². The molecule has 3 fully saturated rings. The van der Waals surface area contributed by atoms with Gasteiger partial charge in [0, 0.05) is 23.2 Å². The molecule has 130 valence electrons. The summed E-state index contributed by atoms with van der Waals surface area (Å²) in [5, 5.41) is 10.4. The molecule has 0 unspecified atom stereocenters. The second-order valence-corrected chi connectivity index (χ2v) is 8.30. The van der Waals surface area contributed by atoms with Crippen LogP contribution < -0.4 is 10.6 Å². The Kier molecular flexibility index (Phi) is 3.63. The molecule has 2 aromatic rings. The van der Waals surface area contributed by atoms with Crippen molar-refractivity contribution in [3.8, 4) is 0 Å². The number of halogens is 2. The van der Waals surface area contributed by atoms with Crippen LogP contribution in [0.4, 0.5) is 5.82 Å². The summed E-state index contributed by atoms with van der Waals surface area (Å²) >= 11 is 12.4. The maximum absolute atomic E-state index is 6.25. The minimum Gasteiger partial charge on any atom is -0.365 e. The lowest BCUT2D eigenvalue weighted by Crippen LogP contribution is -2.64. The molecule has 1 aromatic heterocycles. The van der Waals surface area contributed by atoms with E-state index in [0.717, 1.165) is 41.3 Å².